The zero-order valence-corrected chi connectivity index (χ0v) is 8.77. The third-order valence-corrected chi connectivity index (χ3v) is 2.10. The van der Waals surface area contributed by atoms with Crippen LogP contribution in [-0.2, 0) is 13.6 Å². The van der Waals surface area contributed by atoms with Gasteiger partial charge in [-0.05, 0) is 13.0 Å². The van der Waals surface area contributed by atoms with Crippen molar-refractivity contribution in [3.05, 3.63) is 17.5 Å². The van der Waals surface area contributed by atoms with E-state index in [0.29, 0.717) is 6.54 Å². The molecule has 1 unspecified atom stereocenters. The van der Waals surface area contributed by atoms with Crippen molar-refractivity contribution in [1.29, 1.82) is 0 Å². The zero-order valence-electron chi connectivity index (χ0n) is 8.77. The number of nitrogens with zero attached hydrogens (tertiary/aromatic N) is 2. The summed E-state index contributed by atoms with van der Waals surface area (Å²) < 4.78 is 1.51. The highest BCUT2D eigenvalue weighted by Gasteiger charge is 2.11. The Morgan fingerprint density at radius 2 is 2.40 bits per heavy atom. The number of hydrogen-bond donors (Lipinski definition) is 3. The molecule has 0 aromatic carbocycles. The Morgan fingerprint density at radius 1 is 1.73 bits per heavy atom. The Kier molecular flexibility index (Phi) is 3.81. The van der Waals surface area contributed by atoms with Crippen LogP contribution in [-0.4, -0.2) is 38.6 Å². The van der Waals surface area contributed by atoms with Gasteiger partial charge in [-0.25, -0.2) is 4.79 Å². The smallest absolute Gasteiger partial charge is 0.356 e. The fourth-order valence-electron chi connectivity index (χ4n) is 1.12. The van der Waals surface area contributed by atoms with Crippen molar-refractivity contribution in [3.63, 3.8) is 0 Å². The Labute approximate surface area is 87.5 Å². The van der Waals surface area contributed by atoms with Crippen LogP contribution in [0.4, 0.5) is 0 Å². The molecule has 84 valence electrons. The molecule has 0 bridgehead atoms. The Bertz CT molecular complexity index is 348. The summed E-state index contributed by atoms with van der Waals surface area (Å²) in [6.45, 7) is 2.37. The number of aliphatic hydroxyl groups is 1. The molecule has 1 aromatic rings. The van der Waals surface area contributed by atoms with Crippen molar-refractivity contribution in [2.45, 2.75) is 19.5 Å². The van der Waals surface area contributed by atoms with Crippen LogP contribution in [0, 0.1) is 0 Å². The molecule has 0 fully saturated rings. The summed E-state index contributed by atoms with van der Waals surface area (Å²) >= 11 is 0. The monoisotopic (exact) mass is 213 g/mol. The second kappa shape index (κ2) is 4.90. The molecule has 1 aromatic heterocycles. The highest BCUT2D eigenvalue weighted by molar-refractivity contribution is 5.85. The summed E-state index contributed by atoms with van der Waals surface area (Å²) in [7, 11) is 1.69. The molecule has 6 nitrogen and oxygen atoms in total. The summed E-state index contributed by atoms with van der Waals surface area (Å²) in [5.74, 6) is -1.04. The summed E-state index contributed by atoms with van der Waals surface area (Å²) in [5, 5.41) is 24.4. The highest BCUT2D eigenvalue weighted by atomic mass is 16.4. The summed E-state index contributed by atoms with van der Waals surface area (Å²) in [6.07, 6.45) is 0. The highest BCUT2D eigenvalue weighted by Crippen LogP contribution is 2.03. The quantitative estimate of drug-likeness (QED) is 0.619. The number of aliphatic hydroxyl groups excluding tert-OH is 1. The van der Waals surface area contributed by atoms with E-state index in [1.807, 2.05) is 6.92 Å². The molecule has 0 aliphatic rings. The van der Waals surface area contributed by atoms with Gasteiger partial charge in [-0.2, -0.15) is 5.10 Å². The first kappa shape index (κ1) is 11.7. The molecule has 0 radical (unpaired) electrons. The third kappa shape index (κ3) is 3.03. The maximum atomic E-state index is 10.6. The molecular formula is C9H15N3O3. The van der Waals surface area contributed by atoms with Gasteiger partial charge in [0.25, 0.3) is 0 Å². The van der Waals surface area contributed by atoms with Crippen LogP contribution in [0.5, 0.6) is 0 Å². The van der Waals surface area contributed by atoms with Crippen molar-refractivity contribution in [2.24, 2.45) is 7.05 Å². The Morgan fingerprint density at radius 3 is 2.87 bits per heavy atom. The summed E-state index contributed by atoms with van der Waals surface area (Å²) in [5.41, 5.74) is 0.804. The van der Waals surface area contributed by atoms with Gasteiger partial charge in [0.1, 0.15) is 0 Å². The molecule has 6 heteroatoms. The van der Waals surface area contributed by atoms with Crippen LogP contribution in [0.3, 0.4) is 0 Å². The van der Waals surface area contributed by atoms with Gasteiger partial charge in [0.2, 0.25) is 0 Å². The predicted octanol–water partition coefficient (Wildman–Crippen LogP) is -0.411. The average molecular weight is 213 g/mol. The second-order valence-corrected chi connectivity index (χ2v) is 3.41. The number of carboxylic acid groups (broad SMARTS) is 1. The van der Waals surface area contributed by atoms with Gasteiger partial charge >= 0.3 is 5.97 Å². The molecule has 0 aliphatic carbocycles. The number of carbonyl (C=O) groups is 1. The fraction of sp³-hybridized carbons (Fsp3) is 0.556. The number of aryl methyl sites for hydroxylation is 1. The maximum Gasteiger partial charge on any atom is 0.356 e. The average Bonchev–Trinajstić information content (AvgIpc) is 2.56. The van der Waals surface area contributed by atoms with Crippen molar-refractivity contribution in [3.8, 4) is 0 Å². The van der Waals surface area contributed by atoms with Gasteiger partial charge in [-0.1, -0.05) is 0 Å². The Hall–Kier alpha value is -1.40. The lowest BCUT2D eigenvalue weighted by molar-refractivity contribution is 0.0689. The van der Waals surface area contributed by atoms with E-state index in [4.69, 9.17) is 10.2 Å². The minimum atomic E-state index is -1.04. The predicted molar refractivity (Wildman–Crippen MR) is 53.6 cm³/mol. The van der Waals surface area contributed by atoms with Gasteiger partial charge in [-0.3, -0.25) is 4.68 Å². The van der Waals surface area contributed by atoms with Crippen molar-refractivity contribution >= 4 is 5.97 Å². The standard InChI is InChI=1S/C9H15N3O3/c1-6(5-13)10-4-7-3-8(9(14)15)11-12(7)2/h3,6,10,13H,4-5H2,1-2H3,(H,14,15). The fourth-order valence-corrected chi connectivity index (χ4v) is 1.12. The van der Waals surface area contributed by atoms with Crippen molar-refractivity contribution in [2.75, 3.05) is 6.61 Å². The lowest BCUT2D eigenvalue weighted by atomic mass is 10.3. The minimum Gasteiger partial charge on any atom is -0.476 e. The Balaban J connectivity index is 2.65. The molecular weight excluding hydrogens is 198 g/mol. The molecule has 0 amide bonds. The van der Waals surface area contributed by atoms with Crippen LogP contribution in [0.2, 0.25) is 0 Å². The van der Waals surface area contributed by atoms with E-state index in [1.165, 1.54) is 10.7 Å². The van der Waals surface area contributed by atoms with Crippen LogP contribution in [0.25, 0.3) is 0 Å². The molecule has 1 heterocycles. The molecule has 0 saturated carbocycles. The van der Waals surface area contributed by atoms with Gasteiger partial charge in [0.05, 0.1) is 12.3 Å². The second-order valence-electron chi connectivity index (χ2n) is 3.41. The normalized spacial score (nSPS) is 12.7. The van der Waals surface area contributed by atoms with E-state index < -0.39 is 5.97 Å². The van der Waals surface area contributed by atoms with E-state index in [9.17, 15) is 4.79 Å². The number of aromatic nitrogens is 2. The number of rotatable bonds is 5. The minimum absolute atomic E-state index is 0.0202. The van der Waals surface area contributed by atoms with E-state index >= 15 is 0 Å². The molecule has 3 N–H and O–H groups in total. The molecule has 0 spiro atoms. The lowest BCUT2D eigenvalue weighted by Gasteiger charge is -2.09. The first-order chi connectivity index (χ1) is 7.04. The van der Waals surface area contributed by atoms with Crippen LogP contribution < -0.4 is 5.32 Å². The number of aromatic carboxylic acids is 1. The molecule has 0 saturated heterocycles. The van der Waals surface area contributed by atoms with Crippen LogP contribution in [0.15, 0.2) is 6.07 Å². The molecule has 1 rings (SSSR count). The number of nitrogens with one attached hydrogen (secondary N) is 1. The van der Waals surface area contributed by atoms with Gasteiger partial charge in [0.15, 0.2) is 5.69 Å². The van der Waals surface area contributed by atoms with Crippen molar-refractivity contribution in [1.82, 2.24) is 15.1 Å². The van der Waals surface area contributed by atoms with Crippen LogP contribution in [0.1, 0.15) is 23.1 Å². The van der Waals surface area contributed by atoms with Crippen LogP contribution >= 0.6 is 0 Å². The van der Waals surface area contributed by atoms with Gasteiger partial charge in [0, 0.05) is 19.6 Å². The molecule has 1 atom stereocenters. The largest absolute Gasteiger partial charge is 0.476 e. The summed E-state index contributed by atoms with van der Waals surface area (Å²) in [4.78, 5) is 10.6. The van der Waals surface area contributed by atoms with E-state index in [0.717, 1.165) is 5.69 Å². The maximum absolute atomic E-state index is 10.6. The summed E-state index contributed by atoms with van der Waals surface area (Å²) in [6, 6.07) is 1.49. The molecule has 15 heavy (non-hydrogen) atoms. The number of hydrogen-bond acceptors (Lipinski definition) is 4. The first-order valence-electron chi connectivity index (χ1n) is 4.65. The van der Waals surface area contributed by atoms with E-state index in [2.05, 4.69) is 10.4 Å². The van der Waals surface area contributed by atoms with Gasteiger partial charge in [-0.15, -0.1) is 0 Å². The first-order valence-corrected chi connectivity index (χ1v) is 4.65. The lowest BCUT2D eigenvalue weighted by Crippen LogP contribution is -2.29. The zero-order chi connectivity index (χ0) is 11.4. The number of carboxylic acids is 1. The SMILES string of the molecule is CC(CO)NCc1cc(C(=O)O)nn1C. The van der Waals surface area contributed by atoms with Crippen molar-refractivity contribution < 1.29 is 15.0 Å². The van der Waals surface area contributed by atoms with E-state index in [-0.39, 0.29) is 18.3 Å². The van der Waals surface area contributed by atoms with Gasteiger partial charge < -0.3 is 15.5 Å². The van der Waals surface area contributed by atoms with E-state index in [1.54, 1.807) is 7.05 Å². The molecule has 0 aliphatic heterocycles. The third-order valence-electron chi connectivity index (χ3n) is 2.10. The topological polar surface area (TPSA) is 87.4 Å².